The first-order chi connectivity index (χ1) is 7.56. The molecule has 7 heteroatoms. The van der Waals surface area contributed by atoms with Crippen LogP contribution in [0.15, 0.2) is 26.4 Å². The van der Waals surface area contributed by atoms with Gasteiger partial charge in [-0.3, -0.25) is 9.36 Å². The maximum absolute atomic E-state index is 11.5. The monoisotopic (exact) mass is 254 g/mol. The highest BCUT2D eigenvalue weighted by atomic mass is 32.2. The van der Waals surface area contributed by atoms with E-state index in [9.17, 15) is 4.79 Å². The van der Waals surface area contributed by atoms with E-state index < -0.39 is 0 Å². The van der Waals surface area contributed by atoms with E-state index in [1.165, 1.54) is 22.4 Å². The molecule has 2 aromatic rings. The van der Waals surface area contributed by atoms with Crippen molar-refractivity contribution in [3.63, 3.8) is 0 Å². The van der Waals surface area contributed by atoms with Crippen LogP contribution >= 0.6 is 23.1 Å². The summed E-state index contributed by atoms with van der Waals surface area (Å²) >= 11 is 2.89. The zero-order chi connectivity index (χ0) is 11.7. The number of aromatic nitrogens is 3. The Hall–Kier alpha value is -1.34. The number of nitrogens with two attached hydrogens (primary N) is 1. The molecule has 0 atom stereocenters. The molecule has 0 fully saturated rings. The number of hydrogen-bond donors (Lipinski definition) is 1. The Balaban J connectivity index is 2.38. The highest BCUT2D eigenvalue weighted by molar-refractivity contribution is 7.99. The molecule has 0 amide bonds. The number of aryl methyl sites for hydroxylation is 1. The molecular formula is C9H10N4OS2. The smallest absolute Gasteiger partial charge is 0.255 e. The van der Waals surface area contributed by atoms with Gasteiger partial charge >= 0.3 is 0 Å². The van der Waals surface area contributed by atoms with Crippen molar-refractivity contribution in [3.8, 4) is 0 Å². The van der Waals surface area contributed by atoms with Crippen LogP contribution in [0.1, 0.15) is 5.01 Å². The first-order valence-corrected chi connectivity index (χ1v) is 6.19. The minimum atomic E-state index is -0.165. The van der Waals surface area contributed by atoms with Gasteiger partial charge in [0.1, 0.15) is 10.8 Å². The Morgan fingerprint density at radius 1 is 1.50 bits per heavy atom. The average Bonchev–Trinajstić information content (AvgIpc) is 2.60. The van der Waals surface area contributed by atoms with E-state index in [0.717, 1.165) is 10.0 Å². The fourth-order valence-corrected chi connectivity index (χ4v) is 2.73. The Bertz CT molecular complexity index is 575. The van der Waals surface area contributed by atoms with E-state index in [-0.39, 0.29) is 11.4 Å². The number of thiazole rings is 1. The van der Waals surface area contributed by atoms with E-state index in [4.69, 9.17) is 5.73 Å². The van der Waals surface area contributed by atoms with Crippen LogP contribution in [0.4, 0.5) is 5.82 Å². The van der Waals surface area contributed by atoms with Gasteiger partial charge in [0.2, 0.25) is 0 Å². The molecule has 16 heavy (non-hydrogen) atoms. The molecule has 0 saturated carbocycles. The maximum Gasteiger partial charge on any atom is 0.255 e. The molecule has 2 N–H and O–H groups in total. The minimum Gasteiger partial charge on any atom is -0.383 e. The molecule has 0 aromatic carbocycles. The van der Waals surface area contributed by atoms with Gasteiger partial charge in [-0.2, -0.15) is 0 Å². The van der Waals surface area contributed by atoms with Crippen LogP contribution in [-0.2, 0) is 7.05 Å². The highest BCUT2D eigenvalue weighted by Crippen LogP contribution is 2.26. The number of nitrogen functional groups attached to an aromatic ring is 1. The Morgan fingerprint density at radius 2 is 2.25 bits per heavy atom. The molecule has 0 aliphatic carbocycles. The lowest BCUT2D eigenvalue weighted by Crippen LogP contribution is -2.19. The first-order valence-electron chi connectivity index (χ1n) is 4.50. The maximum atomic E-state index is 11.5. The summed E-state index contributed by atoms with van der Waals surface area (Å²) in [7, 11) is 1.66. The van der Waals surface area contributed by atoms with Gasteiger partial charge in [-0.05, 0) is 18.7 Å². The lowest BCUT2D eigenvalue weighted by Gasteiger charge is -2.04. The minimum absolute atomic E-state index is 0.165. The van der Waals surface area contributed by atoms with Crippen molar-refractivity contribution in [3.05, 3.63) is 26.8 Å². The number of nitrogens with zero attached hydrogens (tertiary/aromatic N) is 3. The van der Waals surface area contributed by atoms with Crippen LogP contribution in [0.25, 0.3) is 0 Å². The highest BCUT2D eigenvalue weighted by Gasteiger charge is 2.08. The molecule has 2 heterocycles. The zero-order valence-electron chi connectivity index (χ0n) is 8.80. The van der Waals surface area contributed by atoms with Crippen molar-refractivity contribution in [1.29, 1.82) is 0 Å². The standard InChI is InChI=1S/C9H10N4OS2/c1-5-11-7(4-15-5)16-9-12-6(10)3-8(14)13(9)2/h3-4H,10H2,1-2H3. The Morgan fingerprint density at radius 3 is 2.88 bits per heavy atom. The molecule has 0 saturated heterocycles. The van der Waals surface area contributed by atoms with E-state index in [2.05, 4.69) is 9.97 Å². The molecule has 2 aromatic heterocycles. The molecule has 0 bridgehead atoms. The molecule has 0 spiro atoms. The molecule has 2 rings (SSSR count). The summed E-state index contributed by atoms with van der Waals surface area (Å²) in [5.41, 5.74) is 5.37. The second-order valence-electron chi connectivity index (χ2n) is 3.17. The third-order valence-electron chi connectivity index (χ3n) is 1.91. The summed E-state index contributed by atoms with van der Waals surface area (Å²) in [6.45, 7) is 1.93. The number of hydrogen-bond acceptors (Lipinski definition) is 6. The molecule has 0 aliphatic heterocycles. The molecule has 5 nitrogen and oxygen atoms in total. The summed E-state index contributed by atoms with van der Waals surface area (Å²) in [4.78, 5) is 19.9. The van der Waals surface area contributed by atoms with Gasteiger partial charge in [0.25, 0.3) is 5.56 Å². The van der Waals surface area contributed by atoms with Crippen LogP contribution < -0.4 is 11.3 Å². The van der Waals surface area contributed by atoms with Crippen molar-refractivity contribution >= 4 is 28.9 Å². The van der Waals surface area contributed by atoms with Gasteiger partial charge in [-0.25, -0.2) is 9.97 Å². The van der Waals surface area contributed by atoms with E-state index >= 15 is 0 Å². The second-order valence-corrected chi connectivity index (χ2v) is 5.22. The largest absolute Gasteiger partial charge is 0.383 e. The van der Waals surface area contributed by atoms with Gasteiger partial charge in [-0.1, -0.05) is 0 Å². The topological polar surface area (TPSA) is 73.8 Å². The summed E-state index contributed by atoms with van der Waals surface area (Å²) < 4.78 is 1.45. The van der Waals surface area contributed by atoms with Crippen LogP contribution in [0, 0.1) is 6.92 Å². The molecule has 0 aliphatic rings. The Labute approximate surface area is 100 Å². The van der Waals surface area contributed by atoms with Crippen LogP contribution in [0.2, 0.25) is 0 Å². The summed E-state index contributed by atoms with van der Waals surface area (Å²) in [6, 6.07) is 1.30. The summed E-state index contributed by atoms with van der Waals surface area (Å²) in [6.07, 6.45) is 0. The van der Waals surface area contributed by atoms with E-state index in [0.29, 0.717) is 5.16 Å². The number of rotatable bonds is 2. The fourth-order valence-electron chi connectivity index (χ4n) is 1.11. The molecular weight excluding hydrogens is 244 g/mol. The van der Waals surface area contributed by atoms with Gasteiger partial charge in [0.15, 0.2) is 5.16 Å². The van der Waals surface area contributed by atoms with Gasteiger partial charge < -0.3 is 5.73 Å². The van der Waals surface area contributed by atoms with Crippen molar-refractivity contribution < 1.29 is 0 Å². The lowest BCUT2D eigenvalue weighted by molar-refractivity contribution is 0.712. The normalized spacial score (nSPS) is 10.6. The van der Waals surface area contributed by atoms with Crippen LogP contribution in [0.5, 0.6) is 0 Å². The SMILES string of the molecule is Cc1nc(Sc2nc(N)cc(=O)n2C)cs1. The quantitative estimate of drug-likeness (QED) is 0.817. The molecule has 0 unspecified atom stereocenters. The Kier molecular flexibility index (Phi) is 2.97. The molecule has 0 radical (unpaired) electrons. The van der Waals surface area contributed by atoms with Crippen LogP contribution in [-0.4, -0.2) is 14.5 Å². The van der Waals surface area contributed by atoms with Crippen molar-refractivity contribution in [2.75, 3.05) is 5.73 Å². The lowest BCUT2D eigenvalue weighted by atomic mass is 10.6. The third-order valence-corrected chi connectivity index (χ3v) is 3.80. The number of anilines is 1. The van der Waals surface area contributed by atoms with Crippen molar-refractivity contribution in [2.45, 2.75) is 17.1 Å². The van der Waals surface area contributed by atoms with E-state index in [1.54, 1.807) is 18.4 Å². The first kappa shape index (κ1) is 11.2. The predicted molar refractivity (Wildman–Crippen MR) is 64.9 cm³/mol. The third kappa shape index (κ3) is 2.25. The average molecular weight is 254 g/mol. The second kappa shape index (κ2) is 4.26. The summed E-state index contributed by atoms with van der Waals surface area (Å²) in [5.74, 6) is 0.234. The fraction of sp³-hybridized carbons (Fsp3) is 0.222. The van der Waals surface area contributed by atoms with Gasteiger partial charge in [0, 0.05) is 18.5 Å². The van der Waals surface area contributed by atoms with Gasteiger partial charge in [0.05, 0.1) is 5.01 Å². The zero-order valence-corrected chi connectivity index (χ0v) is 10.4. The van der Waals surface area contributed by atoms with Crippen molar-refractivity contribution in [2.24, 2.45) is 7.05 Å². The van der Waals surface area contributed by atoms with Gasteiger partial charge in [-0.15, -0.1) is 11.3 Å². The predicted octanol–water partition coefficient (Wildman–Crippen LogP) is 1.28. The van der Waals surface area contributed by atoms with E-state index in [1.807, 2.05) is 12.3 Å². The van der Waals surface area contributed by atoms with Crippen molar-refractivity contribution in [1.82, 2.24) is 14.5 Å². The summed E-state index contributed by atoms with van der Waals surface area (Å²) in [5, 5.41) is 4.29. The molecule has 84 valence electrons. The van der Waals surface area contributed by atoms with Crippen LogP contribution in [0.3, 0.4) is 0 Å².